The maximum Gasteiger partial charge on any atom is 0.214 e. The van der Waals surface area contributed by atoms with Gasteiger partial charge in [0.15, 0.2) is 0 Å². The molecule has 1 aliphatic heterocycles. The van der Waals surface area contributed by atoms with Gasteiger partial charge in [-0.1, -0.05) is 0 Å². The normalized spacial score (nSPS) is 26.1. The van der Waals surface area contributed by atoms with Gasteiger partial charge in [0.1, 0.15) is 0 Å². The molecular formula is C10H21ClN2O2S. The van der Waals surface area contributed by atoms with Gasteiger partial charge in [0.05, 0.1) is 5.25 Å². The molecule has 1 heterocycles. The third kappa shape index (κ3) is 4.20. The van der Waals surface area contributed by atoms with E-state index in [9.17, 15) is 8.42 Å². The van der Waals surface area contributed by atoms with Gasteiger partial charge in [-0.2, -0.15) is 0 Å². The first-order chi connectivity index (χ1) is 7.18. The van der Waals surface area contributed by atoms with Crippen LogP contribution in [0.25, 0.3) is 0 Å². The van der Waals surface area contributed by atoms with Crippen LogP contribution in [-0.2, 0) is 10.0 Å². The minimum Gasteiger partial charge on any atom is -0.316 e. The largest absolute Gasteiger partial charge is 0.316 e. The van der Waals surface area contributed by atoms with E-state index in [4.69, 9.17) is 0 Å². The molecule has 1 aliphatic carbocycles. The van der Waals surface area contributed by atoms with Gasteiger partial charge >= 0.3 is 0 Å². The topological polar surface area (TPSA) is 58.2 Å². The molecule has 6 heteroatoms. The Morgan fingerprint density at radius 3 is 2.56 bits per heavy atom. The molecule has 0 bridgehead atoms. The lowest BCUT2D eigenvalue weighted by atomic mass is 9.96. The Hall–Kier alpha value is 0.160. The fourth-order valence-corrected chi connectivity index (χ4v) is 3.47. The first kappa shape index (κ1) is 14.2. The van der Waals surface area contributed by atoms with E-state index in [1.807, 2.05) is 0 Å². The Morgan fingerprint density at radius 2 is 2.00 bits per heavy atom. The monoisotopic (exact) mass is 268 g/mol. The van der Waals surface area contributed by atoms with Gasteiger partial charge in [-0.05, 0) is 51.1 Å². The molecule has 1 saturated carbocycles. The number of hydrogen-bond acceptors (Lipinski definition) is 3. The molecule has 1 saturated heterocycles. The van der Waals surface area contributed by atoms with Crippen molar-refractivity contribution in [1.29, 1.82) is 0 Å². The summed E-state index contributed by atoms with van der Waals surface area (Å²) in [6.07, 6.45) is 5.12. The van der Waals surface area contributed by atoms with E-state index < -0.39 is 10.0 Å². The number of sulfonamides is 1. The lowest BCUT2D eigenvalue weighted by Crippen LogP contribution is -2.34. The van der Waals surface area contributed by atoms with Crippen molar-refractivity contribution >= 4 is 22.4 Å². The van der Waals surface area contributed by atoms with Crippen molar-refractivity contribution in [3.63, 3.8) is 0 Å². The molecule has 1 atom stereocenters. The fourth-order valence-electron chi connectivity index (χ4n) is 2.07. The van der Waals surface area contributed by atoms with Crippen molar-refractivity contribution in [2.24, 2.45) is 5.92 Å². The Bertz CT molecular complexity index is 298. The Kier molecular flexibility index (Phi) is 5.50. The highest BCUT2D eigenvalue weighted by atomic mass is 35.5. The quantitative estimate of drug-likeness (QED) is 0.778. The van der Waals surface area contributed by atoms with Crippen LogP contribution in [-0.4, -0.2) is 33.3 Å². The molecule has 0 spiro atoms. The Labute approximate surface area is 104 Å². The van der Waals surface area contributed by atoms with Crippen LogP contribution < -0.4 is 10.0 Å². The third-order valence-electron chi connectivity index (χ3n) is 3.22. The van der Waals surface area contributed by atoms with Gasteiger partial charge in [0, 0.05) is 6.54 Å². The van der Waals surface area contributed by atoms with Gasteiger partial charge < -0.3 is 5.32 Å². The second-order valence-corrected chi connectivity index (χ2v) is 6.69. The highest BCUT2D eigenvalue weighted by Gasteiger charge is 2.35. The molecule has 16 heavy (non-hydrogen) atoms. The van der Waals surface area contributed by atoms with Gasteiger partial charge in [0.25, 0.3) is 0 Å². The number of nitrogens with one attached hydrogen (secondary N) is 2. The molecule has 96 valence electrons. The van der Waals surface area contributed by atoms with Gasteiger partial charge in [0.2, 0.25) is 10.0 Å². The molecule has 2 fully saturated rings. The second-order valence-electron chi connectivity index (χ2n) is 4.64. The summed E-state index contributed by atoms with van der Waals surface area (Å²) in [5.74, 6) is 0.653. The molecule has 4 nitrogen and oxygen atoms in total. The molecule has 0 radical (unpaired) electrons. The second kappa shape index (κ2) is 6.19. The summed E-state index contributed by atoms with van der Waals surface area (Å²) in [5, 5.41) is 3.26. The Morgan fingerprint density at radius 1 is 1.25 bits per heavy atom. The molecule has 2 N–H and O–H groups in total. The standard InChI is InChI=1S/C10H20N2O2S.ClH/c13-15(14,10-3-4-10)12-7-5-9-2-1-6-11-8-9;/h9-12H,1-8H2;1H. The van der Waals surface area contributed by atoms with Crippen LogP contribution in [0.3, 0.4) is 0 Å². The number of halogens is 1. The lowest BCUT2D eigenvalue weighted by molar-refractivity contribution is 0.358. The van der Waals surface area contributed by atoms with Gasteiger partial charge in [-0.15, -0.1) is 12.4 Å². The molecular weight excluding hydrogens is 248 g/mol. The third-order valence-corrected chi connectivity index (χ3v) is 5.17. The van der Waals surface area contributed by atoms with E-state index in [2.05, 4.69) is 10.0 Å². The summed E-state index contributed by atoms with van der Waals surface area (Å²) in [6.45, 7) is 2.78. The highest BCUT2D eigenvalue weighted by molar-refractivity contribution is 7.90. The lowest BCUT2D eigenvalue weighted by Gasteiger charge is -2.22. The number of piperidine rings is 1. The van der Waals surface area contributed by atoms with Crippen LogP contribution in [0.5, 0.6) is 0 Å². The zero-order valence-corrected chi connectivity index (χ0v) is 11.1. The smallest absolute Gasteiger partial charge is 0.214 e. The van der Waals surface area contributed by atoms with Crippen LogP contribution in [0.2, 0.25) is 0 Å². The van der Waals surface area contributed by atoms with E-state index in [1.54, 1.807) is 0 Å². The summed E-state index contributed by atoms with van der Waals surface area (Å²) >= 11 is 0. The number of rotatable bonds is 5. The van der Waals surface area contributed by atoms with Crippen LogP contribution in [0, 0.1) is 5.92 Å². The van der Waals surface area contributed by atoms with Crippen LogP contribution in [0.1, 0.15) is 32.1 Å². The zero-order valence-electron chi connectivity index (χ0n) is 9.44. The first-order valence-electron chi connectivity index (χ1n) is 5.88. The highest BCUT2D eigenvalue weighted by Crippen LogP contribution is 2.27. The maximum absolute atomic E-state index is 11.5. The first-order valence-corrected chi connectivity index (χ1v) is 7.42. The van der Waals surface area contributed by atoms with E-state index in [-0.39, 0.29) is 17.7 Å². The SMILES string of the molecule is Cl.O=S(=O)(NCCC1CCCNC1)C1CC1. The van der Waals surface area contributed by atoms with E-state index in [0.29, 0.717) is 12.5 Å². The molecule has 0 aromatic heterocycles. The summed E-state index contributed by atoms with van der Waals surface area (Å²) in [7, 11) is -2.96. The van der Waals surface area contributed by atoms with Crippen LogP contribution in [0.15, 0.2) is 0 Å². The summed E-state index contributed by atoms with van der Waals surface area (Å²) in [4.78, 5) is 0. The minimum absolute atomic E-state index is 0. The summed E-state index contributed by atoms with van der Waals surface area (Å²) in [5.41, 5.74) is 0. The molecule has 0 aromatic rings. The van der Waals surface area contributed by atoms with Gasteiger partial charge in [-0.3, -0.25) is 0 Å². The molecule has 2 rings (SSSR count). The minimum atomic E-state index is -2.96. The molecule has 2 aliphatic rings. The van der Waals surface area contributed by atoms with Gasteiger partial charge in [-0.25, -0.2) is 13.1 Å². The molecule has 0 amide bonds. The van der Waals surface area contributed by atoms with Crippen molar-refractivity contribution in [2.45, 2.75) is 37.4 Å². The van der Waals surface area contributed by atoms with E-state index >= 15 is 0 Å². The Balaban J connectivity index is 0.00000128. The summed E-state index contributed by atoms with van der Waals surface area (Å²) < 4.78 is 25.7. The van der Waals surface area contributed by atoms with Crippen molar-refractivity contribution in [2.75, 3.05) is 19.6 Å². The fraction of sp³-hybridized carbons (Fsp3) is 1.00. The zero-order chi connectivity index (χ0) is 10.7. The van der Waals surface area contributed by atoms with Crippen molar-refractivity contribution in [3.05, 3.63) is 0 Å². The predicted octanol–water partition coefficient (Wildman–Crippen LogP) is 0.880. The van der Waals surface area contributed by atoms with E-state index in [0.717, 1.165) is 32.4 Å². The van der Waals surface area contributed by atoms with Crippen LogP contribution in [0.4, 0.5) is 0 Å². The van der Waals surface area contributed by atoms with Crippen LogP contribution >= 0.6 is 12.4 Å². The van der Waals surface area contributed by atoms with Crippen molar-refractivity contribution in [3.8, 4) is 0 Å². The van der Waals surface area contributed by atoms with Crippen molar-refractivity contribution < 1.29 is 8.42 Å². The predicted molar refractivity (Wildman–Crippen MR) is 67.4 cm³/mol. The molecule has 0 aromatic carbocycles. The maximum atomic E-state index is 11.5. The molecule has 1 unspecified atom stereocenters. The van der Waals surface area contributed by atoms with Crippen molar-refractivity contribution in [1.82, 2.24) is 10.0 Å². The van der Waals surface area contributed by atoms with E-state index in [1.165, 1.54) is 12.8 Å². The average Bonchev–Trinajstić information content (AvgIpc) is 3.02. The average molecular weight is 269 g/mol. The number of hydrogen-bond donors (Lipinski definition) is 2. The summed E-state index contributed by atoms with van der Waals surface area (Å²) in [6, 6.07) is 0.